The zero-order chi connectivity index (χ0) is 13.1. The predicted octanol–water partition coefficient (Wildman–Crippen LogP) is 1.56. The average Bonchev–Trinajstić information content (AvgIpc) is 2.75. The lowest BCUT2D eigenvalue weighted by molar-refractivity contribution is 0.0730. The molecule has 1 rings (SSSR count). The van der Waals surface area contributed by atoms with Gasteiger partial charge in [0.2, 0.25) is 0 Å². The van der Waals surface area contributed by atoms with Gasteiger partial charge < -0.3 is 15.2 Å². The van der Waals surface area contributed by atoms with E-state index in [1.54, 1.807) is 4.90 Å². The van der Waals surface area contributed by atoms with E-state index in [-0.39, 0.29) is 11.3 Å². The summed E-state index contributed by atoms with van der Waals surface area (Å²) in [6, 6.07) is 3.76. The third kappa shape index (κ3) is 3.33. The smallest absolute Gasteiger partial charge is 0.270 e. The maximum Gasteiger partial charge on any atom is 0.270 e. The van der Waals surface area contributed by atoms with E-state index in [1.807, 2.05) is 36.9 Å². The van der Waals surface area contributed by atoms with Crippen molar-refractivity contribution in [2.45, 2.75) is 27.3 Å². The Labute approximate surface area is 103 Å². The first kappa shape index (κ1) is 13.8. The molecule has 0 bridgehead atoms. The predicted molar refractivity (Wildman–Crippen MR) is 69.9 cm³/mol. The van der Waals surface area contributed by atoms with E-state index in [1.165, 1.54) is 0 Å². The van der Waals surface area contributed by atoms with Crippen LogP contribution in [-0.2, 0) is 6.54 Å². The normalized spacial score (nSPS) is 11.6. The molecular formula is C13H23N3O. The van der Waals surface area contributed by atoms with Crippen LogP contribution in [-0.4, -0.2) is 35.5 Å². The SMILES string of the molecule is CCn1cccc1C(=O)N(C)CC(C)(C)CN. The Balaban J connectivity index is 2.77. The summed E-state index contributed by atoms with van der Waals surface area (Å²) in [6.45, 7) is 8.20. The number of nitrogens with two attached hydrogens (primary N) is 1. The molecule has 1 amide bonds. The molecule has 1 aromatic heterocycles. The molecule has 96 valence electrons. The first-order valence-electron chi connectivity index (χ1n) is 6.02. The monoisotopic (exact) mass is 237 g/mol. The third-order valence-corrected chi connectivity index (χ3v) is 2.95. The van der Waals surface area contributed by atoms with Gasteiger partial charge in [-0.3, -0.25) is 4.79 Å². The van der Waals surface area contributed by atoms with Crippen LogP contribution in [0.2, 0.25) is 0 Å². The topological polar surface area (TPSA) is 51.3 Å². The second-order valence-corrected chi connectivity index (χ2v) is 5.21. The summed E-state index contributed by atoms with van der Waals surface area (Å²) >= 11 is 0. The summed E-state index contributed by atoms with van der Waals surface area (Å²) < 4.78 is 1.95. The van der Waals surface area contributed by atoms with E-state index >= 15 is 0 Å². The molecule has 0 saturated carbocycles. The molecule has 17 heavy (non-hydrogen) atoms. The highest BCUT2D eigenvalue weighted by Gasteiger charge is 2.23. The van der Waals surface area contributed by atoms with Crippen molar-refractivity contribution in [1.29, 1.82) is 0 Å². The second kappa shape index (κ2) is 5.36. The van der Waals surface area contributed by atoms with Gasteiger partial charge in [-0.05, 0) is 31.0 Å². The van der Waals surface area contributed by atoms with Crippen LogP contribution in [0.4, 0.5) is 0 Å². The molecule has 0 fully saturated rings. The highest BCUT2D eigenvalue weighted by atomic mass is 16.2. The zero-order valence-electron chi connectivity index (χ0n) is 11.2. The van der Waals surface area contributed by atoms with Gasteiger partial charge in [-0.2, -0.15) is 0 Å². The van der Waals surface area contributed by atoms with Crippen LogP contribution in [0, 0.1) is 5.41 Å². The van der Waals surface area contributed by atoms with Crippen molar-refractivity contribution in [2.75, 3.05) is 20.1 Å². The average molecular weight is 237 g/mol. The lowest BCUT2D eigenvalue weighted by atomic mass is 9.93. The van der Waals surface area contributed by atoms with Crippen molar-refractivity contribution in [3.8, 4) is 0 Å². The van der Waals surface area contributed by atoms with E-state index < -0.39 is 0 Å². The van der Waals surface area contributed by atoms with Crippen LogP contribution in [0.1, 0.15) is 31.3 Å². The highest BCUT2D eigenvalue weighted by Crippen LogP contribution is 2.16. The molecule has 0 atom stereocenters. The van der Waals surface area contributed by atoms with Gasteiger partial charge in [-0.1, -0.05) is 13.8 Å². The van der Waals surface area contributed by atoms with Gasteiger partial charge >= 0.3 is 0 Å². The third-order valence-electron chi connectivity index (χ3n) is 2.95. The van der Waals surface area contributed by atoms with Gasteiger partial charge in [0, 0.05) is 26.3 Å². The molecule has 0 aromatic carbocycles. The number of nitrogens with zero attached hydrogens (tertiary/aromatic N) is 2. The van der Waals surface area contributed by atoms with Crippen molar-refractivity contribution >= 4 is 5.91 Å². The van der Waals surface area contributed by atoms with Crippen LogP contribution in [0.15, 0.2) is 18.3 Å². The van der Waals surface area contributed by atoms with Crippen LogP contribution in [0.25, 0.3) is 0 Å². The maximum absolute atomic E-state index is 12.2. The van der Waals surface area contributed by atoms with Crippen molar-refractivity contribution in [3.63, 3.8) is 0 Å². The molecule has 0 spiro atoms. The Hall–Kier alpha value is -1.29. The lowest BCUT2D eigenvalue weighted by Crippen LogP contribution is -2.40. The number of carbonyl (C=O) groups excluding carboxylic acids is 1. The Kier molecular flexibility index (Phi) is 4.34. The Morgan fingerprint density at radius 2 is 2.18 bits per heavy atom. The van der Waals surface area contributed by atoms with Gasteiger partial charge in [-0.25, -0.2) is 0 Å². The molecular weight excluding hydrogens is 214 g/mol. The van der Waals surface area contributed by atoms with Gasteiger partial charge in [0.15, 0.2) is 0 Å². The fraction of sp³-hybridized carbons (Fsp3) is 0.615. The molecule has 0 aliphatic carbocycles. The summed E-state index contributed by atoms with van der Waals surface area (Å²) in [6.07, 6.45) is 1.93. The van der Waals surface area contributed by atoms with Crippen LogP contribution in [0.5, 0.6) is 0 Å². The largest absolute Gasteiger partial charge is 0.344 e. The van der Waals surface area contributed by atoms with E-state index in [9.17, 15) is 4.79 Å². The van der Waals surface area contributed by atoms with E-state index in [2.05, 4.69) is 13.8 Å². The summed E-state index contributed by atoms with van der Waals surface area (Å²) in [5.74, 6) is 0.0541. The number of aryl methyl sites for hydroxylation is 1. The fourth-order valence-corrected chi connectivity index (χ4v) is 1.86. The maximum atomic E-state index is 12.2. The van der Waals surface area contributed by atoms with E-state index in [0.717, 1.165) is 12.2 Å². The summed E-state index contributed by atoms with van der Waals surface area (Å²) in [5.41, 5.74) is 6.38. The Bertz CT molecular complexity index is 382. The zero-order valence-corrected chi connectivity index (χ0v) is 11.2. The summed E-state index contributed by atoms with van der Waals surface area (Å²) in [7, 11) is 1.83. The van der Waals surface area contributed by atoms with E-state index in [0.29, 0.717) is 13.1 Å². The molecule has 4 nitrogen and oxygen atoms in total. The highest BCUT2D eigenvalue weighted by molar-refractivity contribution is 5.92. The first-order valence-corrected chi connectivity index (χ1v) is 6.02. The Morgan fingerprint density at radius 1 is 1.53 bits per heavy atom. The van der Waals surface area contributed by atoms with Crippen LogP contribution >= 0.6 is 0 Å². The quantitative estimate of drug-likeness (QED) is 0.845. The molecule has 0 saturated heterocycles. The standard InChI is InChI=1S/C13H23N3O/c1-5-16-8-6-7-11(16)12(17)15(4)10-13(2,3)9-14/h6-8H,5,9-10,14H2,1-4H3. The van der Waals surface area contributed by atoms with Crippen molar-refractivity contribution in [1.82, 2.24) is 9.47 Å². The molecule has 1 aromatic rings. The summed E-state index contributed by atoms with van der Waals surface area (Å²) in [5, 5.41) is 0. The number of carbonyl (C=O) groups is 1. The first-order chi connectivity index (χ1) is 7.91. The second-order valence-electron chi connectivity index (χ2n) is 5.21. The molecule has 0 radical (unpaired) electrons. The molecule has 0 aliphatic rings. The summed E-state index contributed by atoms with van der Waals surface area (Å²) in [4.78, 5) is 14.0. The van der Waals surface area contributed by atoms with Gasteiger partial charge in [-0.15, -0.1) is 0 Å². The van der Waals surface area contributed by atoms with Crippen LogP contribution < -0.4 is 5.73 Å². The lowest BCUT2D eigenvalue weighted by Gasteiger charge is -2.29. The minimum absolute atomic E-state index is 0.0476. The van der Waals surface area contributed by atoms with Gasteiger partial charge in [0.05, 0.1) is 0 Å². The molecule has 0 unspecified atom stereocenters. The Morgan fingerprint density at radius 3 is 2.71 bits per heavy atom. The number of amides is 1. The number of hydrogen-bond donors (Lipinski definition) is 1. The number of aromatic nitrogens is 1. The van der Waals surface area contributed by atoms with Crippen molar-refractivity contribution in [2.24, 2.45) is 11.1 Å². The fourth-order valence-electron chi connectivity index (χ4n) is 1.86. The van der Waals surface area contributed by atoms with Crippen LogP contribution in [0.3, 0.4) is 0 Å². The number of hydrogen-bond acceptors (Lipinski definition) is 2. The molecule has 1 heterocycles. The molecule has 4 heteroatoms. The van der Waals surface area contributed by atoms with Gasteiger partial charge in [0.1, 0.15) is 5.69 Å². The molecule has 0 aliphatic heterocycles. The minimum Gasteiger partial charge on any atom is -0.344 e. The van der Waals surface area contributed by atoms with Crippen molar-refractivity contribution in [3.05, 3.63) is 24.0 Å². The van der Waals surface area contributed by atoms with E-state index in [4.69, 9.17) is 5.73 Å². The minimum atomic E-state index is -0.0476. The van der Waals surface area contributed by atoms with Crippen molar-refractivity contribution < 1.29 is 4.79 Å². The van der Waals surface area contributed by atoms with Gasteiger partial charge in [0.25, 0.3) is 5.91 Å². The molecule has 2 N–H and O–H groups in total. The number of rotatable bonds is 5.